The van der Waals surface area contributed by atoms with E-state index in [2.05, 4.69) is 20.9 Å². The van der Waals surface area contributed by atoms with Gasteiger partial charge < -0.3 is 21.9 Å². The number of nitro benzene ring substituents is 1. The van der Waals surface area contributed by atoms with Crippen LogP contribution in [0.25, 0.3) is 0 Å². The van der Waals surface area contributed by atoms with Crippen LogP contribution in [0.2, 0.25) is 0 Å². The number of benzene rings is 2. The van der Waals surface area contributed by atoms with E-state index in [9.17, 15) is 14.9 Å². The van der Waals surface area contributed by atoms with E-state index in [-0.39, 0.29) is 35.0 Å². The molecule has 0 radical (unpaired) electrons. The molecular weight excluding hydrogens is 498 g/mol. The quantitative estimate of drug-likeness (QED) is 0.344. The summed E-state index contributed by atoms with van der Waals surface area (Å²) in [5.74, 6) is 0.856. The fraction of sp³-hybridized carbons (Fsp3) is 0.222. The van der Waals surface area contributed by atoms with Crippen LogP contribution in [0.15, 0.2) is 58.0 Å². The third kappa shape index (κ3) is 5.63. The average Bonchev–Trinajstić information content (AvgIpc) is 2.67. The molecule has 0 saturated heterocycles. The molecule has 1 heterocycles. The maximum Gasteiger partial charge on any atom is 0.269 e. The van der Waals surface area contributed by atoms with Crippen LogP contribution in [0.4, 0.5) is 11.4 Å². The number of amidine groups is 1. The van der Waals surface area contributed by atoms with E-state index in [4.69, 9.17) is 0 Å². The molecule has 0 unspecified atom stereocenters. The van der Waals surface area contributed by atoms with Crippen LogP contribution in [0.1, 0.15) is 16.8 Å². The molecule has 9 heteroatoms. The highest BCUT2D eigenvalue weighted by atomic mass is 79.9. The molecule has 0 bridgehead atoms. The first-order valence-electron chi connectivity index (χ1n) is 8.02. The number of non-ortho nitro benzene ring substituents is 1. The number of thioether (sulfide) groups is 1. The van der Waals surface area contributed by atoms with Gasteiger partial charge in [-0.1, -0.05) is 27.7 Å². The molecule has 3 rings (SSSR count). The van der Waals surface area contributed by atoms with Gasteiger partial charge in [-0.2, -0.15) is 0 Å². The maximum atomic E-state index is 12.7. The predicted molar refractivity (Wildman–Crippen MR) is 108 cm³/mol. The number of rotatable bonds is 5. The fourth-order valence-corrected chi connectivity index (χ4v) is 3.73. The summed E-state index contributed by atoms with van der Waals surface area (Å²) in [7, 11) is 0. The number of aliphatic imine (C=N–C) groups is 1. The van der Waals surface area contributed by atoms with E-state index >= 15 is 0 Å². The highest BCUT2D eigenvalue weighted by Gasteiger charge is 2.21. The van der Waals surface area contributed by atoms with Crippen LogP contribution in [0, 0.1) is 10.1 Å². The lowest BCUT2D eigenvalue weighted by Crippen LogP contribution is -3.00. The zero-order chi connectivity index (χ0) is 18.5. The summed E-state index contributed by atoms with van der Waals surface area (Å²) in [5.41, 5.74) is 1.30. The van der Waals surface area contributed by atoms with Crippen LogP contribution in [0.3, 0.4) is 0 Å². The van der Waals surface area contributed by atoms with Crippen molar-refractivity contribution in [1.82, 2.24) is 0 Å². The standard InChI is InChI=1S/C18H16BrN3O3S.BrH/c19-14-4-8-15(9-5-14)21(18-20-10-1-11-26-18)12-17(23)13-2-6-16(7-3-13)22(24)25;/h2-9H,1,10-12H2;1H/p-1. The maximum absolute atomic E-state index is 12.7. The van der Waals surface area contributed by atoms with Gasteiger partial charge in [-0.3, -0.25) is 19.9 Å². The van der Waals surface area contributed by atoms with Gasteiger partial charge in [0.2, 0.25) is 0 Å². The number of Topliss-reactive ketones (excluding diaryl/α,β-unsaturated/α-hetero) is 1. The lowest BCUT2D eigenvalue weighted by atomic mass is 10.1. The van der Waals surface area contributed by atoms with Gasteiger partial charge >= 0.3 is 0 Å². The Kier molecular flexibility index (Phi) is 8.00. The fourth-order valence-electron chi connectivity index (χ4n) is 2.51. The van der Waals surface area contributed by atoms with Gasteiger partial charge in [-0.05, 0) is 42.8 Å². The van der Waals surface area contributed by atoms with Gasteiger partial charge in [0.15, 0.2) is 11.0 Å². The van der Waals surface area contributed by atoms with Gasteiger partial charge in [0.25, 0.3) is 5.69 Å². The number of nitro groups is 1. The summed E-state index contributed by atoms with van der Waals surface area (Å²) < 4.78 is 0.959. The molecule has 142 valence electrons. The first kappa shape index (κ1) is 21.6. The zero-order valence-corrected chi connectivity index (χ0v) is 18.2. The molecule has 2 aromatic rings. The number of hydrogen-bond donors (Lipinski definition) is 0. The molecular formula is C18H16Br2N3O3S-. The summed E-state index contributed by atoms with van der Waals surface area (Å²) in [4.78, 5) is 29.5. The van der Waals surface area contributed by atoms with Crippen LogP contribution >= 0.6 is 27.7 Å². The van der Waals surface area contributed by atoms with Gasteiger partial charge in [0, 0.05) is 40.2 Å². The Hall–Kier alpha value is -1.71. The van der Waals surface area contributed by atoms with Crippen molar-refractivity contribution in [2.45, 2.75) is 6.42 Å². The summed E-state index contributed by atoms with van der Waals surface area (Å²) in [6, 6.07) is 13.4. The molecule has 0 spiro atoms. The minimum absolute atomic E-state index is 0. The van der Waals surface area contributed by atoms with Crippen LogP contribution in [-0.4, -0.2) is 34.7 Å². The number of nitrogens with zero attached hydrogens (tertiary/aromatic N) is 3. The topological polar surface area (TPSA) is 75.8 Å². The monoisotopic (exact) mass is 512 g/mol. The van der Waals surface area contributed by atoms with Crippen molar-refractivity contribution in [2.24, 2.45) is 4.99 Å². The average molecular weight is 514 g/mol. The summed E-state index contributed by atoms with van der Waals surface area (Å²) >= 11 is 5.06. The Morgan fingerprint density at radius 2 is 1.85 bits per heavy atom. The zero-order valence-electron chi connectivity index (χ0n) is 14.2. The van der Waals surface area contributed by atoms with Gasteiger partial charge in [0.05, 0.1) is 11.5 Å². The molecule has 0 aromatic heterocycles. The number of carbonyl (C=O) groups is 1. The van der Waals surface area contributed by atoms with Crippen molar-refractivity contribution in [3.63, 3.8) is 0 Å². The van der Waals surface area contributed by atoms with E-state index in [0.29, 0.717) is 5.56 Å². The first-order valence-corrected chi connectivity index (χ1v) is 9.80. The Morgan fingerprint density at radius 1 is 1.19 bits per heavy atom. The SMILES string of the molecule is O=C(CN(C1=NCCCS1)c1ccc(Br)cc1)c1ccc([N+](=O)[O-])cc1.[Br-]. The Bertz CT molecular complexity index is 842. The summed E-state index contributed by atoms with van der Waals surface area (Å²) in [6.07, 6.45) is 1.03. The highest BCUT2D eigenvalue weighted by molar-refractivity contribution is 9.10. The number of hydrogen-bond acceptors (Lipinski definition) is 6. The lowest BCUT2D eigenvalue weighted by molar-refractivity contribution is -0.384. The number of ketones is 1. The largest absolute Gasteiger partial charge is 1.00 e. The van der Waals surface area contributed by atoms with Crippen molar-refractivity contribution in [2.75, 3.05) is 23.7 Å². The van der Waals surface area contributed by atoms with E-state index < -0.39 is 4.92 Å². The molecule has 0 fully saturated rings. The van der Waals surface area contributed by atoms with Crippen molar-refractivity contribution < 1.29 is 26.7 Å². The normalized spacial score (nSPS) is 13.3. The second-order valence-corrected chi connectivity index (χ2v) is 7.63. The lowest BCUT2D eigenvalue weighted by Gasteiger charge is -2.27. The predicted octanol–water partition coefficient (Wildman–Crippen LogP) is 1.54. The number of anilines is 1. The molecule has 0 saturated carbocycles. The van der Waals surface area contributed by atoms with Gasteiger partial charge in [0.1, 0.15) is 0 Å². The molecule has 27 heavy (non-hydrogen) atoms. The molecule has 0 atom stereocenters. The third-order valence-electron chi connectivity index (χ3n) is 3.85. The minimum atomic E-state index is -0.476. The minimum Gasteiger partial charge on any atom is -1.00 e. The molecule has 0 N–H and O–H groups in total. The summed E-state index contributed by atoms with van der Waals surface area (Å²) in [5, 5.41) is 11.6. The number of halogens is 2. The van der Waals surface area contributed by atoms with Gasteiger partial charge in [-0.15, -0.1) is 0 Å². The van der Waals surface area contributed by atoms with E-state index in [1.165, 1.54) is 24.3 Å². The molecule has 1 aliphatic heterocycles. The van der Waals surface area contributed by atoms with Crippen molar-refractivity contribution in [1.29, 1.82) is 0 Å². The highest BCUT2D eigenvalue weighted by Crippen LogP contribution is 2.25. The van der Waals surface area contributed by atoms with Gasteiger partial charge in [-0.25, -0.2) is 0 Å². The van der Waals surface area contributed by atoms with Crippen LogP contribution < -0.4 is 21.9 Å². The van der Waals surface area contributed by atoms with E-state index in [1.807, 2.05) is 29.2 Å². The second-order valence-electron chi connectivity index (χ2n) is 5.66. The Balaban J connectivity index is 0.00000261. The van der Waals surface area contributed by atoms with E-state index in [0.717, 1.165) is 34.0 Å². The molecule has 6 nitrogen and oxygen atoms in total. The number of carbonyl (C=O) groups excluding carboxylic acids is 1. The molecule has 0 amide bonds. The van der Waals surface area contributed by atoms with Crippen molar-refractivity contribution in [3.05, 3.63) is 68.7 Å². The first-order chi connectivity index (χ1) is 12.5. The third-order valence-corrected chi connectivity index (χ3v) is 5.48. The molecule has 2 aromatic carbocycles. The molecule has 0 aliphatic carbocycles. The smallest absolute Gasteiger partial charge is 0.269 e. The van der Waals surface area contributed by atoms with Crippen LogP contribution in [0.5, 0.6) is 0 Å². The van der Waals surface area contributed by atoms with E-state index in [1.54, 1.807) is 11.8 Å². The Morgan fingerprint density at radius 3 is 2.41 bits per heavy atom. The second kappa shape index (κ2) is 10.0. The Labute approximate surface area is 180 Å². The summed E-state index contributed by atoms with van der Waals surface area (Å²) in [6.45, 7) is 0.881. The van der Waals surface area contributed by atoms with Crippen molar-refractivity contribution >= 4 is 50.0 Å². The molecule has 1 aliphatic rings. The van der Waals surface area contributed by atoms with Crippen molar-refractivity contribution in [3.8, 4) is 0 Å². The van der Waals surface area contributed by atoms with Crippen LogP contribution in [-0.2, 0) is 0 Å².